The van der Waals surface area contributed by atoms with E-state index in [1.54, 1.807) is 12.4 Å². The first kappa shape index (κ1) is 15.6. The molecule has 4 nitrogen and oxygen atoms in total. The van der Waals surface area contributed by atoms with Gasteiger partial charge in [0.25, 0.3) is 0 Å². The molecule has 0 aromatic carbocycles. The van der Waals surface area contributed by atoms with Crippen molar-refractivity contribution < 1.29 is 4.79 Å². The van der Waals surface area contributed by atoms with Crippen LogP contribution in [-0.2, 0) is 11.3 Å². The first-order valence-corrected chi connectivity index (χ1v) is 7.12. The molecule has 4 heteroatoms. The maximum Gasteiger partial charge on any atom is 0.220 e. The summed E-state index contributed by atoms with van der Waals surface area (Å²) in [7, 11) is 0. The molecule has 0 saturated carbocycles. The second-order valence-electron chi connectivity index (χ2n) is 4.91. The van der Waals surface area contributed by atoms with Crippen LogP contribution in [0.1, 0.15) is 44.6 Å². The molecular formula is C15H25N3O. The Morgan fingerprint density at radius 1 is 1.42 bits per heavy atom. The van der Waals surface area contributed by atoms with E-state index in [-0.39, 0.29) is 5.91 Å². The van der Waals surface area contributed by atoms with Gasteiger partial charge in [-0.3, -0.25) is 9.78 Å². The average Bonchev–Trinajstić information content (AvgIpc) is 2.44. The van der Waals surface area contributed by atoms with Gasteiger partial charge in [-0.2, -0.15) is 0 Å². The van der Waals surface area contributed by atoms with E-state index in [1.807, 2.05) is 12.1 Å². The van der Waals surface area contributed by atoms with E-state index in [0.717, 1.165) is 31.2 Å². The summed E-state index contributed by atoms with van der Waals surface area (Å²) in [5.74, 6) is 0.695. The second-order valence-corrected chi connectivity index (χ2v) is 4.91. The molecule has 0 aliphatic carbocycles. The lowest BCUT2D eigenvalue weighted by Crippen LogP contribution is -2.23. The number of hydrogen-bond acceptors (Lipinski definition) is 3. The molecule has 1 amide bonds. The van der Waals surface area contributed by atoms with E-state index in [1.165, 1.54) is 0 Å². The summed E-state index contributed by atoms with van der Waals surface area (Å²) < 4.78 is 0. The Balaban J connectivity index is 2.23. The van der Waals surface area contributed by atoms with Crippen molar-refractivity contribution in [3.63, 3.8) is 0 Å². The molecule has 1 heterocycles. The monoisotopic (exact) mass is 263 g/mol. The molecule has 0 aliphatic rings. The van der Waals surface area contributed by atoms with Crippen molar-refractivity contribution in [2.24, 2.45) is 11.7 Å². The van der Waals surface area contributed by atoms with Crippen molar-refractivity contribution >= 4 is 5.91 Å². The second kappa shape index (κ2) is 9.50. The van der Waals surface area contributed by atoms with E-state index < -0.39 is 0 Å². The summed E-state index contributed by atoms with van der Waals surface area (Å²) in [4.78, 5) is 15.8. The van der Waals surface area contributed by atoms with Crippen LogP contribution in [-0.4, -0.2) is 17.4 Å². The maximum absolute atomic E-state index is 11.8. The van der Waals surface area contributed by atoms with Gasteiger partial charge in [0.1, 0.15) is 0 Å². The number of carbonyl (C=O) groups excluding carboxylic acids is 1. The predicted molar refractivity (Wildman–Crippen MR) is 77.4 cm³/mol. The lowest BCUT2D eigenvalue weighted by atomic mass is 9.94. The zero-order chi connectivity index (χ0) is 13.9. The number of nitrogens with one attached hydrogen (secondary N) is 1. The molecule has 106 valence electrons. The van der Waals surface area contributed by atoms with E-state index in [9.17, 15) is 4.79 Å². The van der Waals surface area contributed by atoms with Gasteiger partial charge in [0, 0.05) is 25.4 Å². The number of nitrogens with two attached hydrogens (primary N) is 1. The van der Waals surface area contributed by atoms with Crippen LogP contribution in [0.4, 0.5) is 0 Å². The Morgan fingerprint density at radius 2 is 2.26 bits per heavy atom. The van der Waals surface area contributed by atoms with Crippen molar-refractivity contribution in [3.8, 4) is 0 Å². The largest absolute Gasteiger partial charge is 0.352 e. The molecule has 19 heavy (non-hydrogen) atoms. The third-order valence-electron chi connectivity index (χ3n) is 3.26. The zero-order valence-corrected chi connectivity index (χ0v) is 11.8. The van der Waals surface area contributed by atoms with E-state index >= 15 is 0 Å². The molecule has 1 rings (SSSR count). The lowest BCUT2D eigenvalue weighted by Gasteiger charge is -2.14. The smallest absolute Gasteiger partial charge is 0.220 e. The van der Waals surface area contributed by atoms with Crippen LogP contribution in [0.5, 0.6) is 0 Å². The van der Waals surface area contributed by atoms with Gasteiger partial charge in [0.15, 0.2) is 0 Å². The first-order valence-electron chi connectivity index (χ1n) is 7.12. The van der Waals surface area contributed by atoms with Gasteiger partial charge in [-0.1, -0.05) is 25.8 Å². The Hall–Kier alpha value is -1.42. The lowest BCUT2D eigenvalue weighted by molar-refractivity contribution is -0.121. The topological polar surface area (TPSA) is 68.0 Å². The molecule has 0 bridgehead atoms. The van der Waals surface area contributed by atoms with E-state index in [4.69, 9.17) is 5.73 Å². The highest BCUT2D eigenvalue weighted by Gasteiger charge is 2.09. The van der Waals surface area contributed by atoms with Gasteiger partial charge < -0.3 is 11.1 Å². The van der Waals surface area contributed by atoms with Gasteiger partial charge in [0.05, 0.1) is 0 Å². The molecule has 0 fully saturated rings. The van der Waals surface area contributed by atoms with Gasteiger partial charge in [-0.15, -0.1) is 0 Å². The number of nitrogens with zero attached hydrogens (tertiary/aromatic N) is 1. The normalized spacial score (nSPS) is 12.1. The van der Waals surface area contributed by atoms with Crippen LogP contribution in [0.15, 0.2) is 24.5 Å². The fourth-order valence-corrected chi connectivity index (χ4v) is 2.20. The SMILES string of the molecule is CCCC(CCN)CCC(=O)NCc1cccnc1. The van der Waals surface area contributed by atoms with Crippen molar-refractivity contribution in [2.45, 2.75) is 45.6 Å². The Labute approximate surface area is 115 Å². The molecule has 0 spiro atoms. The maximum atomic E-state index is 11.8. The van der Waals surface area contributed by atoms with Gasteiger partial charge in [-0.25, -0.2) is 0 Å². The van der Waals surface area contributed by atoms with Crippen molar-refractivity contribution in [2.75, 3.05) is 6.54 Å². The van der Waals surface area contributed by atoms with Crippen molar-refractivity contribution in [3.05, 3.63) is 30.1 Å². The van der Waals surface area contributed by atoms with Crippen LogP contribution >= 0.6 is 0 Å². The highest BCUT2D eigenvalue weighted by atomic mass is 16.1. The van der Waals surface area contributed by atoms with Crippen LogP contribution in [0.3, 0.4) is 0 Å². The standard InChI is InChI=1S/C15H25N3O/c1-2-4-13(8-9-16)6-7-15(19)18-12-14-5-3-10-17-11-14/h3,5,10-11,13H,2,4,6-9,12,16H2,1H3,(H,18,19). The molecule has 0 radical (unpaired) electrons. The Morgan fingerprint density at radius 3 is 2.89 bits per heavy atom. The number of rotatable bonds is 9. The molecule has 1 atom stereocenters. The minimum absolute atomic E-state index is 0.113. The molecule has 1 aromatic rings. The Bertz CT molecular complexity index is 348. The number of pyridine rings is 1. The van der Waals surface area contributed by atoms with Crippen LogP contribution in [0.2, 0.25) is 0 Å². The van der Waals surface area contributed by atoms with Gasteiger partial charge in [0.2, 0.25) is 5.91 Å². The van der Waals surface area contributed by atoms with Crippen LogP contribution in [0, 0.1) is 5.92 Å². The highest BCUT2D eigenvalue weighted by Crippen LogP contribution is 2.16. The molecule has 0 saturated heterocycles. The number of aromatic nitrogens is 1. The minimum atomic E-state index is 0.113. The van der Waals surface area contributed by atoms with Gasteiger partial charge in [-0.05, 0) is 36.9 Å². The van der Waals surface area contributed by atoms with Crippen LogP contribution < -0.4 is 11.1 Å². The third kappa shape index (κ3) is 6.91. The molecule has 1 aromatic heterocycles. The van der Waals surface area contributed by atoms with Crippen LogP contribution in [0.25, 0.3) is 0 Å². The number of hydrogen-bond donors (Lipinski definition) is 2. The number of amides is 1. The summed E-state index contributed by atoms with van der Waals surface area (Å²) >= 11 is 0. The Kier molecular flexibility index (Phi) is 7.82. The highest BCUT2D eigenvalue weighted by molar-refractivity contribution is 5.75. The quantitative estimate of drug-likeness (QED) is 0.718. The molecule has 1 unspecified atom stereocenters. The fourth-order valence-electron chi connectivity index (χ4n) is 2.20. The molecule has 3 N–H and O–H groups in total. The molecular weight excluding hydrogens is 238 g/mol. The van der Waals surface area contributed by atoms with E-state index in [0.29, 0.717) is 25.4 Å². The number of carbonyl (C=O) groups is 1. The first-order chi connectivity index (χ1) is 9.26. The molecule has 0 aliphatic heterocycles. The third-order valence-corrected chi connectivity index (χ3v) is 3.26. The van der Waals surface area contributed by atoms with Crippen molar-refractivity contribution in [1.29, 1.82) is 0 Å². The average molecular weight is 263 g/mol. The summed E-state index contributed by atoms with van der Waals surface area (Å²) in [6.07, 6.45) is 8.36. The zero-order valence-electron chi connectivity index (χ0n) is 11.8. The predicted octanol–water partition coefficient (Wildman–Crippen LogP) is 2.24. The van der Waals surface area contributed by atoms with Gasteiger partial charge >= 0.3 is 0 Å². The summed E-state index contributed by atoms with van der Waals surface area (Å²) in [6, 6.07) is 3.83. The minimum Gasteiger partial charge on any atom is -0.352 e. The van der Waals surface area contributed by atoms with Crippen molar-refractivity contribution in [1.82, 2.24) is 10.3 Å². The fraction of sp³-hybridized carbons (Fsp3) is 0.600. The summed E-state index contributed by atoms with van der Waals surface area (Å²) in [5.41, 5.74) is 6.62. The summed E-state index contributed by atoms with van der Waals surface area (Å²) in [5, 5.41) is 2.93. The summed E-state index contributed by atoms with van der Waals surface area (Å²) in [6.45, 7) is 3.44. The van der Waals surface area contributed by atoms with E-state index in [2.05, 4.69) is 17.2 Å².